The van der Waals surface area contributed by atoms with Gasteiger partial charge in [-0.2, -0.15) is 0 Å². The number of rotatable bonds is 6. The van der Waals surface area contributed by atoms with Crippen molar-refractivity contribution in [1.29, 1.82) is 0 Å². The lowest BCUT2D eigenvalue weighted by Crippen LogP contribution is -2.23. The van der Waals surface area contributed by atoms with Crippen molar-refractivity contribution in [1.82, 2.24) is 15.3 Å². The first-order valence-electron chi connectivity index (χ1n) is 8.30. The summed E-state index contributed by atoms with van der Waals surface area (Å²) in [5.74, 6) is 1.28. The lowest BCUT2D eigenvalue weighted by molar-refractivity contribution is -0.121. The van der Waals surface area contributed by atoms with Gasteiger partial charge in [0, 0.05) is 37.3 Å². The van der Waals surface area contributed by atoms with Gasteiger partial charge in [-0.3, -0.25) is 9.78 Å². The van der Waals surface area contributed by atoms with E-state index in [0.717, 1.165) is 16.9 Å². The Hall–Kier alpha value is -2.95. The number of amides is 1. The highest BCUT2D eigenvalue weighted by molar-refractivity contribution is 5.76. The van der Waals surface area contributed by atoms with Crippen LogP contribution in [0.3, 0.4) is 0 Å². The highest BCUT2D eigenvalue weighted by atomic mass is 16.4. The van der Waals surface area contributed by atoms with Crippen molar-refractivity contribution in [3.05, 3.63) is 71.5 Å². The number of hydrogen-bond acceptors (Lipinski definition) is 4. The number of nitrogens with one attached hydrogen (secondary N) is 1. The number of aryl methyl sites for hydroxylation is 3. The van der Waals surface area contributed by atoms with Crippen molar-refractivity contribution < 1.29 is 9.21 Å². The Kier molecular flexibility index (Phi) is 5.23. The molecule has 128 valence electrons. The van der Waals surface area contributed by atoms with Crippen molar-refractivity contribution in [3.63, 3.8) is 0 Å². The van der Waals surface area contributed by atoms with Gasteiger partial charge in [0.05, 0.1) is 6.20 Å². The number of aromatic nitrogens is 2. The van der Waals surface area contributed by atoms with E-state index in [-0.39, 0.29) is 5.91 Å². The van der Waals surface area contributed by atoms with Crippen LogP contribution in [0, 0.1) is 13.8 Å². The molecule has 0 saturated carbocycles. The van der Waals surface area contributed by atoms with Gasteiger partial charge in [0.15, 0.2) is 11.7 Å². The van der Waals surface area contributed by atoms with Gasteiger partial charge in [-0.15, -0.1) is 0 Å². The Morgan fingerprint density at radius 2 is 1.92 bits per heavy atom. The second-order valence-electron chi connectivity index (χ2n) is 6.05. The molecule has 0 fully saturated rings. The summed E-state index contributed by atoms with van der Waals surface area (Å²) in [7, 11) is 0. The fourth-order valence-corrected chi connectivity index (χ4v) is 2.46. The van der Waals surface area contributed by atoms with Crippen LogP contribution in [0.1, 0.15) is 29.0 Å². The summed E-state index contributed by atoms with van der Waals surface area (Å²) < 4.78 is 5.78. The fourth-order valence-electron chi connectivity index (χ4n) is 2.46. The first kappa shape index (κ1) is 16.9. The van der Waals surface area contributed by atoms with Gasteiger partial charge >= 0.3 is 0 Å². The van der Waals surface area contributed by atoms with Crippen molar-refractivity contribution in [2.24, 2.45) is 0 Å². The Morgan fingerprint density at radius 1 is 1.12 bits per heavy atom. The molecule has 0 aliphatic rings. The fraction of sp³-hybridized carbons (Fsp3) is 0.250. The zero-order valence-electron chi connectivity index (χ0n) is 14.5. The number of pyridine rings is 1. The molecule has 0 bridgehead atoms. The Balaban J connectivity index is 1.53. The maximum Gasteiger partial charge on any atom is 0.220 e. The summed E-state index contributed by atoms with van der Waals surface area (Å²) in [4.78, 5) is 20.2. The van der Waals surface area contributed by atoms with Crippen LogP contribution in [0.2, 0.25) is 0 Å². The molecule has 3 aromatic rings. The van der Waals surface area contributed by atoms with Crippen LogP contribution in [0.25, 0.3) is 11.3 Å². The molecule has 2 aromatic heterocycles. The van der Waals surface area contributed by atoms with E-state index in [1.54, 1.807) is 18.6 Å². The molecule has 0 aliphatic heterocycles. The van der Waals surface area contributed by atoms with E-state index < -0.39 is 0 Å². The lowest BCUT2D eigenvalue weighted by Gasteiger charge is -2.04. The summed E-state index contributed by atoms with van der Waals surface area (Å²) in [6.07, 6.45) is 5.96. The van der Waals surface area contributed by atoms with Crippen molar-refractivity contribution in [2.45, 2.75) is 33.2 Å². The third kappa shape index (κ3) is 4.53. The molecule has 3 rings (SSSR count). The minimum absolute atomic E-state index is 0.0252. The van der Waals surface area contributed by atoms with Gasteiger partial charge in [0.2, 0.25) is 5.91 Å². The second kappa shape index (κ2) is 7.75. The molecule has 2 heterocycles. The largest absolute Gasteiger partial charge is 0.441 e. The molecule has 1 N–H and O–H groups in total. The first-order chi connectivity index (χ1) is 12.1. The molecule has 1 amide bonds. The summed E-state index contributed by atoms with van der Waals surface area (Å²) in [5.41, 5.74) is 4.49. The molecule has 1 aromatic carbocycles. The van der Waals surface area contributed by atoms with Crippen LogP contribution in [0.15, 0.2) is 53.3 Å². The lowest BCUT2D eigenvalue weighted by atomic mass is 10.1. The molecule has 0 saturated heterocycles. The standard InChI is InChI=1S/C20H21N3O2/c1-14-3-4-17(11-15(14)2)18-13-23-20(25-18)6-5-19(24)22-12-16-7-9-21-10-8-16/h3-4,7-11,13H,5-6,12H2,1-2H3,(H,22,24). The molecule has 0 atom stereocenters. The van der Waals surface area contributed by atoms with Crippen molar-refractivity contribution >= 4 is 5.91 Å². The Labute approximate surface area is 147 Å². The van der Waals surface area contributed by atoms with Gasteiger partial charge in [-0.25, -0.2) is 4.98 Å². The monoisotopic (exact) mass is 335 g/mol. The highest BCUT2D eigenvalue weighted by Gasteiger charge is 2.09. The average Bonchev–Trinajstić information content (AvgIpc) is 3.10. The maximum atomic E-state index is 12.0. The van der Waals surface area contributed by atoms with E-state index in [4.69, 9.17) is 4.42 Å². The van der Waals surface area contributed by atoms with Crippen LogP contribution in [0.4, 0.5) is 0 Å². The molecular formula is C20H21N3O2. The summed E-state index contributed by atoms with van der Waals surface area (Å²) in [6.45, 7) is 4.65. The van der Waals surface area contributed by atoms with Gasteiger partial charge < -0.3 is 9.73 Å². The summed E-state index contributed by atoms with van der Waals surface area (Å²) >= 11 is 0. The van der Waals surface area contributed by atoms with Gasteiger partial charge in [0.1, 0.15) is 0 Å². The zero-order valence-corrected chi connectivity index (χ0v) is 14.5. The first-order valence-corrected chi connectivity index (χ1v) is 8.30. The van der Waals surface area contributed by atoms with Crippen LogP contribution < -0.4 is 5.32 Å². The van der Waals surface area contributed by atoms with E-state index in [9.17, 15) is 4.79 Å². The minimum Gasteiger partial charge on any atom is -0.441 e. The number of oxazole rings is 1. The maximum absolute atomic E-state index is 12.0. The number of benzene rings is 1. The molecule has 25 heavy (non-hydrogen) atoms. The van der Waals surface area contributed by atoms with Crippen molar-refractivity contribution in [3.8, 4) is 11.3 Å². The van der Waals surface area contributed by atoms with E-state index in [0.29, 0.717) is 25.3 Å². The third-order valence-corrected chi connectivity index (χ3v) is 4.15. The number of nitrogens with zero attached hydrogens (tertiary/aromatic N) is 2. The smallest absolute Gasteiger partial charge is 0.220 e. The van der Waals surface area contributed by atoms with Gasteiger partial charge in [-0.1, -0.05) is 12.1 Å². The van der Waals surface area contributed by atoms with Crippen LogP contribution in [0.5, 0.6) is 0 Å². The Bertz CT molecular complexity index is 856. The molecule has 0 radical (unpaired) electrons. The van der Waals surface area contributed by atoms with E-state index in [1.165, 1.54) is 11.1 Å². The minimum atomic E-state index is -0.0252. The predicted octanol–water partition coefficient (Wildman–Crippen LogP) is 3.60. The Morgan fingerprint density at radius 3 is 2.68 bits per heavy atom. The molecular weight excluding hydrogens is 314 g/mol. The summed E-state index contributed by atoms with van der Waals surface area (Å²) in [6, 6.07) is 9.93. The number of carbonyl (C=O) groups excluding carboxylic acids is 1. The summed E-state index contributed by atoms with van der Waals surface area (Å²) in [5, 5.41) is 2.89. The van der Waals surface area contributed by atoms with Crippen molar-refractivity contribution in [2.75, 3.05) is 0 Å². The zero-order chi connectivity index (χ0) is 17.6. The van der Waals surface area contributed by atoms with Gasteiger partial charge in [-0.05, 0) is 48.7 Å². The van der Waals surface area contributed by atoms with E-state index in [2.05, 4.69) is 41.3 Å². The van der Waals surface area contributed by atoms with E-state index >= 15 is 0 Å². The third-order valence-electron chi connectivity index (χ3n) is 4.15. The van der Waals surface area contributed by atoms with Gasteiger partial charge in [0.25, 0.3) is 0 Å². The molecule has 5 heteroatoms. The SMILES string of the molecule is Cc1ccc(-c2cnc(CCC(=O)NCc3ccncc3)o2)cc1C. The van der Waals surface area contributed by atoms with Crippen LogP contribution in [-0.4, -0.2) is 15.9 Å². The molecule has 5 nitrogen and oxygen atoms in total. The number of carbonyl (C=O) groups is 1. The predicted molar refractivity (Wildman–Crippen MR) is 95.8 cm³/mol. The van der Waals surface area contributed by atoms with E-state index in [1.807, 2.05) is 18.2 Å². The topological polar surface area (TPSA) is 68.0 Å². The second-order valence-corrected chi connectivity index (χ2v) is 6.05. The number of hydrogen-bond donors (Lipinski definition) is 1. The molecule has 0 aliphatic carbocycles. The highest BCUT2D eigenvalue weighted by Crippen LogP contribution is 2.23. The normalized spacial score (nSPS) is 10.6. The average molecular weight is 335 g/mol. The van der Waals surface area contributed by atoms with Crippen LogP contribution in [-0.2, 0) is 17.8 Å². The van der Waals surface area contributed by atoms with Crippen LogP contribution >= 0.6 is 0 Å². The molecule has 0 unspecified atom stereocenters. The quantitative estimate of drug-likeness (QED) is 0.747. The molecule has 0 spiro atoms.